The zero-order valence-corrected chi connectivity index (χ0v) is 19.9. The molecule has 0 bridgehead atoms. The van der Waals surface area contributed by atoms with E-state index in [1.807, 2.05) is 18.2 Å². The third kappa shape index (κ3) is 5.98. The Morgan fingerprint density at radius 3 is 2.82 bits per heavy atom. The molecular weight excluding hydrogens is 509 g/mol. The number of nitrogens with zero attached hydrogens (tertiary/aromatic N) is 1. The minimum absolute atomic E-state index is 0. The molecular formula is C20H27ClIN3O2S. The molecule has 3 N–H and O–H groups in total. The first-order chi connectivity index (χ1) is 13.1. The highest BCUT2D eigenvalue weighted by Gasteiger charge is 2.37. The molecule has 0 spiro atoms. The molecule has 0 unspecified atom stereocenters. The maximum Gasteiger partial charge on any atom is 0.188 e. The molecule has 5 nitrogen and oxygen atoms in total. The van der Waals surface area contributed by atoms with Crippen LogP contribution < -0.4 is 15.8 Å². The number of aliphatic imine (C=N–C) groups is 1. The Kier molecular flexibility index (Phi) is 9.33. The number of guanidine groups is 1. The van der Waals surface area contributed by atoms with E-state index in [2.05, 4.69) is 27.8 Å². The molecule has 0 aliphatic carbocycles. The molecule has 0 radical (unpaired) electrons. The summed E-state index contributed by atoms with van der Waals surface area (Å²) in [5, 5.41) is 6.00. The molecule has 2 aromatic rings. The van der Waals surface area contributed by atoms with Gasteiger partial charge in [0.2, 0.25) is 0 Å². The number of halogens is 2. The Labute approximate surface area is 192 Å². The summed E-state index contributed by atoms with van der Waals surface area (Å²) in [7, 11) is 1.68. The van der Waals surface area contributed by atoms with E-state index >= 15 is 0 Å². The molecule has 0 atom stereocenters. The zero-order chi connectivity index (χ0) is 19.1. The summed E-state index contributed by atoms with van der Waals surface area (Å²) >= 11 is 8.03. The van der Waals surface area contributed by atoms with Crippen LogP contribution in [0.25, 0.3) is 0 Å². The molecule has 1 aromatic carbocycles. The standard InChI is InChI=1S/C20H26ClN3O2S.HI/c1-25-18-5-4-15(21)13-17(18)20(7-10-26-11-8-20)14-24-19(22)23-9-6-16-3-2-12-27-16;/h2-5,12-13H,6-11,14H2,1H3,(H3,22,23,24);1H. The van der Waals surface area contributed by atoms with Gasteiger partial charge in [-0.25, -0.2) is 0 Å². The van der Waals surface area contributed by atoms with Gasteiger partial charge >= 0.3 is 0 Å². The van der Waals surface area contributed by atoms with Crippen molar-refractivity contribution in [3.8, 4) is 5.75 Å². The fourth-order valence-corrected chi connectivity index (χ4v) is 4.31. The van der Waals surface area contributed by atoms with E-state index in [4.69, 9.17) is 26.8 Å². The second-order valence-corrected chi connectivity index (χ2v) is 8.16. The minimum atomic E-state index is -0.186. The molecule has 1 aromatic heterocycles. The first kappa shape index (κ1) is 23.3. The molecule has 28 heavy (non-hydrogen) atoms. The van der Waals surface area contributed by atoms with E-state index < -0.39 is 0 Å². The number of nitrogens with two attached hydrogens (primary N) is 1. The smallest absolute Gasteiger partial charge is 0.188 e. The van der Waals surface area contributed by atoms with Gasteiger partial charge in [0.1, 0.15) is 5.75 Å². The lowest BCUT2D eigenvalue weighted by molar-refractivity contribution is 0.0523. The van der Waals surface area contributed by atoms with Crippen LogP contribution in [0.4, 0.5) is 0 Å². The molecule has 1 aliphatic heterocycles. The topological polar surface area (TPSA) is 68.9 Å². The monoisotopic (exact) mass is 535 g/mol. The highest BCUT2D eigenvalue weighted by Crippen LogP contribution is 2.41. The third-order valence-electron chi connectivity index (χ3n) is 4.99. The third-order valence-corrected chi connectivity index (χ3v) is 6.16. The van der Waals surface area contributed by atoms with Gasteiger partial charge in [-0.1, -0.05) is 17.7 Å². The summed E-state index contributed by atoms with van der Waals surface area (Å²) in [6.45, 7) is 2.73. The predicted molar refractivity (Wildman–Crippen MR) is 128 cm³/mol. The molecule has 0 saturated carbocycles. The average Bonchev–Trinajstić information content (AvgIpc) is 3.20. The second kappa shape index (κ2) is 11.2. The van der Waals surface area contributed by atoms with Gasteiger partial charge in [-0.05, 0) is 48.9 Å². The average molecular weight is 536 g/mol. The van der Waals surface area contributed by atoms with Gasteiger partial charge in [-0.2, -0.15) is 0 Å². The molecule has 1 aliphatic rings. The SMILES string of the molecule is COc1ccc(Cl)cc1C1(CN=C(N)NCCc2cccs2)CCOCC1.I. The van der Waals surface area contributed by atoms with Crippen molar-refractivity contribution in [2.75, 3.05) is 33.4 Å². The maximum atomic E-state index is 6.28. The van der Waals surface area contributed by atoms with E-state index in [-0.39, 0.29) is 29.4 Å². The number of thiophene rings is 1. The van der Waals surface area contributed by atoms with Crippen molar-refractivity contribution in [2.24, 2.45) is 10.7 Å². The van der Waals surface area contributed by atoms with E-state index in [0.717, 1.165) is 37.1 Å². The van der Waals surface area contributed by atoms with Gasteiger partial charge < -0.3 is 20.5 Å². The Balaban J connectivity index is 0.00000280. The summed E-state index contributed by atoms with van der Waals surface area (Å²) in [4.78, 5) is 5.99. The Bertz CT molecular complexity index is 765. The first-order valence-electron chi connectivity index (χ1n) is 9.11. The number of hydrogen-bond acceptors (Lipinski definition) is 4. The Morgan fingerprint density at radius 2 is 2.14 bits per heavy atom. The van der Waals surface area contributed by atoms with Crippen LogP contribution in [0, 0.1) is 0 Å². The Hall–Kier alpha value is -1.03. The second-order valence-electron chi connectivity index (χ2n) is 6.69. The van der Waals surface area contributed by atoms with E-state index in [0.29, 0.717) is 30.7 Å². The van der Waals surface area contributed by atoms with Gasteiger partial charge in [0.15, 0.2) is 5.96 Å². The van der Waals surface area contributed by atoms with E-state index in [9.17, 15) is 0 Å². The number of rotatable bonds is 7. The molecule has 8 heteroatoms. The lowest BCUT2D eigenvalue weighted by Crippen LogP contribution is -2.40. The van der Waals surface area contributed by atoms with Gasteiger partial charge in [-0.3, -0.25) is 4.99 Å². The summed E-state index contributed by atoms with van der Waals surface area (Å²) in [5.41, 5.74) is 7.02. The van der Waals surface area contributed by atoms with Crippen LogP contribution in [-0.4, -0.2) is 39.4 Å². The van der Waals surface area contributed by atoms with Crippen molar-refractivity contribution in [3.63, 3.8) is 0 Å². The molecule has 3 rings (SSSR count). The summed E-state index contributed by atoms with van der Waals surface area (Å²) in [6.07, 6.45) is 2.65. The predicted octanol–water partition coefficient (Wildman–Crippen LogP) is 4.22. The lowest BCUT2D eigenvalue weighted by Gasteiger charge is -2.37. The van der Waals surface area contributed by atoms with Crippen molar-refractivity contribution >= 4 is 52.9 Å². The fraction of sp³-hybridized carbons (Fsp3) is 0.450. The molecule has 1 fully saturated rings. The Morgan fingerprint density at radius 1 is 1.36 bits per heavy atom. The number of benzene rings is 1. The van der Waals surface area contributed by atoms with Crippen molar-refractivity contribution < 1.29 is 9.47 Å². The van der Waals surface area contributed by atoms with Crippen molar-refractivity contribution in [1.82, 2.24) is 5.32 Å². The lowest BCUT2D eigenvalue weighted by atomic mass is 9.73. The van der Waals surface area contributed by atoms with Crippen molar-refractivity contribution in [2.45, 2.75) is 24.7 Å². The van der Waals surface area contributed by atoms with Gasteiger partial charge in [-0.15, -0.1) is 35.3 Å². The quantitative estimate of drug-likeness (QED) is 0.316. The first-order valence-corrected chi connectivity index (χ1v) is 10.4. The van der Waals surface area contributed by atoms with Crippen LogP contribution in [0.3, 0.4) is 0 Å². The molecule has 154 valence electrons. The van der Waals surface area contributed by atoms with E-state index in [1.165, 1.54) is 4.88 Å². The van der Waals surface area contributed by atoms with Crippen LogP contribution in [0.1, 0.15) is 23.3 Å². The van der Waals surface area contributed by atoms with E-state index in [1.54, 1.807) is 18.4 Å². The van der Waals surface area contributed by atoms with Crippen molar-refractivity contribution in [1.29, 1.82) is 0 Å². The normalized spacial score (nSPS) is 16.3. The summed E-state index contributed by atoms with van der Waals surface area (Å²) in [6, 6.07) is 9.94. The highest BCUT2D eigenvalue weighted by atomic mass is 127. The highest BCUT2D eigenvalue weighted by molar-refractivity contribution is 14.0. The van der Waals surface area contributed by atoms with Gasteiger partial charge in [0.05, 0.1) is 13.7 Å². The summed E-state index contributed by atoms with van der Waals surface area (Å²) in [5.74, 6) is 1.30. The maximum absolute atomic E-state index is 6.28. The van der Waals surface area contributed by atoms with Crippen LogP contribution in [-0.2, 0) is 16.6 Å². The van der Waals surface area contributed by atoms with Crippen LogP contribution in [0.2, 0.25) is 5.02 Å². The fourth-order valence-electron chi connectivity index (χ4n) is 3.43. The number of ether oxygens (including phenoxy) is 2. The molecule has 1 saturated heterocycles. The number of nitrogens with one attached hydrogen (secondary N) is 1. The van der Waals surface area contributed by atoms with Crippen LogP contribution >= 0.6 is 46.9 Å². The van der Waals surface area contributed by atoms with Crippen LogP contribution in [0.5, 0.6) is 5.75 Å². The molecule has 2 heterocycles. The van der Waals surface area contributed by atoms with Crippen LogP contribution in [0.15, 0.2) is 40.7 Å². The minimum Gasteiger partial charge on any atom is -0.496 e. The molecule has 0 amide bonds. The number of methoxy groups -OCH3 is 1. The zero-order valence-electron chi connectivity index (χ0n) is 15.9. The number of hydrogen-bond donors (Lipinski definition) is 2. The van der Waals surface area contributed by atoms with Crippen molar-refractivity contribution in [3.05, 3.63) is 51.2 Å². The van der Waals surface area contributed by atoms with Gasteiger partial charge in [0, 0.05) is 40.6 Å². The summed E-state index contributed by atoms with van der Waals surface area (Å²) < 4.78 is 11.2. The van der Waals surface area contributed by atoms with Gasteiger partial charge in [0.25, 0.3) is 0 Å². The largest absolute Gasteiger partial charge is 0.496 e.